The molecule has 0 radical (unpaired) electrons. The predicted molar refractivity (Wildman–Crippen MR) is 89.1 cm³/mol. The molecule has 6 heteroatoms. The zero-order valence-electron chi connectivity index (χ0n) is 13.2. The number of nitro benzene ring substituents is 1. The lowest BCUT2D eigenvalue weighted by Crippen LogP contribution is -2.30. The van der Waals surface area contributed by atoms with Crippen molar-refractivity contribution in [3.63, 3.8) is 0 Å². The van der Waals surface area contributed by atoms with E-state index in [0.717, 1.165) is 11.1 Å². The molecule has 0 aliphatic heterocycles. The van der Waals surface area contributed by atoms with Crippen LogP contribution in [-0.4, -0.2) is 22.3 Å². The number of nitro groups is 1. The molecule has 0 atom stereocenters. The van der Waals surface area contributed by atoms with E-state index < -0.39 is 4.92 Å². The first-order valence-electron chi connectivity index (χ1n) is 7.31. The summed E-state index contributed by atoms with van der Waals surface area (Å²) in [6.07, 6.45) is 0. The van der Waals surface area contributed by atoms with E-state index in [2.05, 4.69) is 0 Å². The highest BCUT2D eigenvalue weighted by molar-refractivity contribution is 5.95. The van der Waals surface area contributed by atoms with E-state index >= 15 is 0 Å². The maximum absolute atomic E-state index is 12.6. The number of hydrogen-bond donors (Lipinski definition) is 1. The summed E-state index contributed by atoms with van der Waals surface area (Å²) in [4.78, 5) is 24.7. The van der Waals surface area contributed by atoms with Gasteiger partial charge in [-0.2, -0.15) is 0 Å². The van der Waals surface area contributed by atoms with Crippen LogP contribution in [-0.2, 0) is 6.54 Å². The van der Waals surface area contributed by atoms with Crippen LogP contribution in [0.2, 0.25) is 0 Å². The van der Waals surface area contributed by atoms with Crippen LogP contribution >= 0.6 is 0 Å². The molecular formula is C17H19N3O3. The van der Waals surface area contributed by atoms with Gasteiger partial charge in [-0.05, 0) is 37.1 Å². The summed E-state index contributed by atoms with van der Waals surface area (Å²) in [5.41, 5.74) is 7.79. The Bertz CT molecular complexity index is 744. The van der Waals surface area contributed by atoms with Gasteiger partial charge in [0.05, 0.1) is 4.92 Å². The molecule has 0 saturated carbocycles. The smallest absolute Gasteiger partial charge is 0.292 e. The summed E-state index contributed by atoms with van der Waals surface area (Å²) >= 11 is 0. The van der Waals surface area contributed by atoms with Gasteiger partial charge in [0.2, 0.25) is 0 Å². The van der Waals surface area contributed by atoms with Crippen molar-refractivity contribution in [2.45, 2.75) is 20.4 Å². The average Bonchev–Trinajstić information content (AvgIpc) is 2.53. The number of benzene rings is 2. The molecule has 23 heavy (non-hydrogen) atoms. The lowest BCUT2D eigenvalue weighted by atomic mass is 10.1. The Labute approximate surface area is 134 Å². The van der Waals surface area contributed by atoms with Crippen molar-refractivity contribution in [1.29, 1.82) is 0 Å². The van der Waals surface area contributed by atoms with E-state index in [1.165, 1.54) is 18.2 Å². The summed E-state index contributed by atoms with van der Waals surface area (Å²) in [5, 5.41) is 11.0. The SMILES string of the molecule is CCN(Cc1ccccc1C)C(=O)c1ccc(N)c([N+](=O)[O-])c1. The molecular weight excluding hydrogens is 294 g/mol. The molecule has 0 unspecified atom stereocenters. The maximum Gasteiger partial charge on any atom is 0.292 e. The van der Waals surface area contributed by atoms with E-state index in [4.69, 9.17) is 5.73 Å². The molecule has 0 saturated heterocycles. The van der Waals surface area contributed by atoms with Gasteiger partial charge in [-0.1, -0.05) is 24.3 Å². The third-order valence-corrected chi connectivity index (χ3v) is 3.77. The fourth-order valence-electron chi connectivity index (χ4n) is 2.34. The Morgan fingerprint density at radius 2 is 1.96 bits per heavy atom. The Morgan fingerprint density at radius 3 is 2.57 bits per heavy atom. The number of nitrogens with zero attached hydrogens (tertiary/aromatic N) is 2. The van der Waals surface area contributed by atoms with Gasteiger partial charge in [0.1, 0.15) is 5.69 Å². The first-order chi connectivity index (χ1) is 10.9. The van der Waals surface area contributed by atoms with Crippen LogP contribution in [0.4, 0.5) is 11.4 Å². The third kappa shape index (κ3) is 3.66. The summed E-state index contributed by atoms with van der Waals surface area (Å²) in [5.74, 6) is -0.251. The second-order valence-electron chi connectivity index (χ2n) is 5.28. The van der Waals surface area contributed by atoms with E-state index in [9.17, 15) is 14.9 Å². The average molecular weight is 313 g/mol. The normalized spacial score (nSPS) is 10.3. The lowest BCUT2D eigenvalue weighted by molar-refractivity contribution is -0.383. The first kappa shape index (κ1) is 16.5. The fraction of sp³-hybridized carbons (Fsp3) is 0.235. The summed E-state index contributed by atoms with van der Waals surface area (Å²) < 4.78 is 0. The van der Waals surface area contributed by atoms with E-state index in [-0.39, 0.29) is 22.8 Å². The Balaban J connectivity index is 2.28. The van der Waals surface area contributed by atoms with Gasteiger partial charge in [-0.25, -0.2) is 0 Å². The number of amides is 1. The van der Waals surface area contributed by atoms with E-state index in [0.29, 0.717) is 13.1 Å². The number of anilines is 1. The van der Waals surface area contributed by atoms with Gasteiger partial charge in [-0.3, -0.25) is 14.9 Å². The van der Waals surface area contributed by atoms with Crippen LogP contribution in [0, 0.1) is 17.0 Å². The first-order valence-corrected chi connectivity index (χ1v) is 7.31. The maximum atomic E-state index is 12.6. The van der Waals surface area contributed by atoms with Crippen LogP contribution in [0.1, 0.15) is 28.4 Å². The Hall–Kier alpha value is -2.89. The molecule has 6 nitrogen and oxygen atoms in total. The highest BCUT2D eigenvalue weighted by atomic mass is 16.6. The molecule has 2 aromatic rings. The van der Waals surface area contributed by atoms with Crippen molar-refractivity contribution in [3.8, 4) is 0 Å². The highest BCUT2D eigenvalue weighted by Gasteiger charge is 2.20. The zero-order valence-corrected chi connectivity index (χ0v) is 13.2. The second-order valence-corrected chi connectivity index (χ2v) is 5.28. The Kier molecular flexibility index (Phi) is 4.95. The van der Waals surface area contributed by atoms with E-state index in [1.807, 2.05) is 38.1 Å². The van der Waals surface area contributed by atoms with Gasteiger partial charge in [0.25, 0.3) is 11.6 Å². The number of carbonyl (C=O) groups excluding carboxylic acids is 1. The largest absolute Gasteiger partial charge is 0.393 e. The van der Waals surface area contributed by atoms with Crippen LogP contribution in [0.3, 0.4) is 0 Å². The number of carbonyl (C=O) groups is 1. The van der Waals surface area contributed by atoms with Gasteiger partial charge in [-0.15, -0.1) is 0 Å². The zero-order chi connectivity index (χ0) is 17.0. The van der Waals surface area contributed by atoms with Gasteiger partial charge in [0, 0.05) is 24.7 Å². The molecule has 120 valence electrons. The minimum absolute atomic E-state index is 0.0495. The summed E-state index contributed by atoms with van der Waals surface area (Å²) in [6.45, 7) is 4.83. The van der Waals surface area contributed by atoms with Crippen LogP contribution in [0.5, 0.6) is 0 Å². The third-order valence-electron chi connectivity index (χ3n) is 3.77. The fourth-order valence-corrected chi connectivity index (χ4v) is 2.34. The van der Waals surface area contributed by atoms with Crippen molar-refractivity contribution < 1.29 is 9.72 Å². The molecule has 0 heterocycles. The van der Waals surface area contributed by atoms with Crippen LogP contribution < -0.4 is 5.73 Å². The molecule has 0 aromatic heterocycles. The van der Waals surface area contributed by atoms with Crippen LogP contribution in [0.25, 0.3) is 0 Å². The van der Waals surface area contributed by atoms with Crippen molar-refractivity contribution in [1.82, 2.24) is 4.90 Å². The van der Waals surface area contributed by atoms with Crippen molar-refractivity contribution >= 4 is 17.3 Å². The predicted octanol–water partition coefficient (Wildman–Crippen LogP) is 3.15. The van der Waals surface area contributed by atoms with Crippen LogP contribution in [0.15, 0.2) is 42.5 Å². The molecule has 0 bridgehead atoms. The lowest BCUT2D eigenvalue weighted by Gasteiger charge is -2.22. The van der Waals surface area contributed by atoms with Crippen molar-refractivity contribution in [2.75, 3.05) is 12.3 Å². The number of nitrogens with two attached hydrogens (primary N) is 1. The molecule has 2 aromatic carbocycles. The molecule has 0 spiro atoms. The molecule has 0 aliphatic rings. The highest BCUT2D eigenvalue weighted by Crippen LogP contribution is 2.23. The topological polar surface area (TPSA) is 89.5 Å². The monoisotopic (exact) mass is 313 g/mol. The molecule has 2 N–H and O–H groups in total. The Morgan fingerprint density at radius 1 is 1.26 bits per heavy atom. The number of aryl methyl sites for hydroxylation is 1. The minimum atomic E-state index is -0.580. The van der Waals surface area contributed by atoms with Crippen molar-refractivity contribution in [2.24, 2.45) is 0 Å². The quantitative estimate of drug-likeness (QED) is 0.521. The van der Waals surface area contributed by atoms with Crippen molar-refractivity contribution in [3.05, 3.63) is 69.3 Å². The number of rotatable bonds is 5. The molecule has 0 fully saturated rings. The minimum Gasteiger partial charge on any atom is -0.393 e. The standard InChI is InChI=1S/C17H19N3O3/c1-3-19(11-14-7-5-4-6-12(14)2)17(21)13-8-9-15(18)16(10-13)20(22)23/h4-10H,3,11,18H2,1-2H3. The summed E-state index contributed by atoms with van der Waals surface area (Å²) in [7, 11) is 0. The molecule has 1 amide bonds. The molecule has 2 rings (SSSR count). The number of hydrogen-bond acceptors (Lipinski definition) is 4. The number of nitrogen functional groups attached to an aromatic ring is 1. The summed E-state index contributed by atoms with van der Waals surface area (Å²) in [6, 6.07) is 12.0. The van der Waals surface area contributed by atoms with Gasteiger partial charge >= 0.3 is 0 Å². The van der Waals surface area contributed by atoms with Gasteiger partial charge < -0.3 is 10.6 Å². The second kappa shape index (κ2) is 6.91. The van der Waals surface area contributed by atoms with Gasteiger partial charge in [0.15, 0.2) is 0 Å². The van der Waals surface area contributed by atoms with E-state index in [1.54, 1.807) is 4.90 Å². The molecule has 0 aliphatic carbocycles.